The molecular formula is C17H25F3. The van der Waals surface area contributed by atoms with E-state index < -0.39 is 17.8 Å². The van der Waals surface area contributed by atoms with Gasteiger partial charge in [0, 0.05) is 5.92 Å². The largest absolute Gasteiger partial charge is 0.301 e. The van der Waals surface area contributed by atoms with E-state index in [1.54, 1.807) is 0 Å². The zero-order valence-corrected chi connectivity index (χ0v) is 12.1. The highest BCUT2D eigenvalue weighted by Gasteiger charge is 2.32. The summed E-state index contributed by atoms with van der Waals surface area (Å²) in [6.45, 7) is 3.80. The van der Waals surface area contributed by atoms with E-state index in [1.807, 2.05) is 6.08 Å². The summed E-state index contributed by atoms with van der Waals surface area (Å²) in [4.78, 5) is 0. The van der Waals surface area contributed by atoms with Crippen LogP contribution in [0.5, 0.6) is 0 Å². The maximum Gasteiger partial charge on any atom is 0.301 e. The molecular weight excluding hydrogens is 261 g/mol. The van der Waals surface area contributed by atoms with Crippen LogP contribution in [0.15, 0.2) is 24.6 Å². The third kappa shape index (κ3) is 3.89. The van der Waals surface area contributed by atoms with Gasteiger partial charge in [-0.1, -0.05) is 6.08 Å². The van der Waals surface area contributed by atoms with E-state index in [0.717, 1.165) is 31.1 Å². The number of rotatable bonds is 4. The van der Waals surface area contributed by atoms with Gasteiger partial charge in [-0.15, -0.1) is 6.58 Å². The van der Waals surface area contributed by atoms with Gasteiger partial charge in [0.05, 0.1) is 0 Å². The van der Waals surface area contributed by atoms with Crippen molar-refractivity contribution in [3.63, 3.8) is 0 Å². The normalized spacial score (nSPS) is 34.5. The number of allylic oxidation sites excluding steroid dienone is 2. The lowest BCUT2D eigenvalue weighted by molar-refractivity contribution is 0.146. The quantitative estimate of drug-likeness (QED) is 0.535. The Kier molecular flexibility index (Phi) is 5.74. The summed E-state index contributed by atoms with van der Waals surface area (Å²) in [6.07, 6.45) is 9.09. The monoisotopic (exact) mass is 286 g/mol. The molecule has 2 aliphatic rings. The molecule has 2 rings (SSSR count). The first-order chi connectivity index (χ1) is 9.61. The molecule has 0 aromatic heterocycles. The van der Waals surface area contributed by atoms with Crippen molar-refractivity contribution in [2.45, 2.75) is 57.8 Å². The standard InChI is InChI=1S/C17H25F3/c1-2-3-12-4-6-13(7-5-12)14-8-10-15(11-9-14)16(18)17(19)20/h2,12-15H,1,3-11H2/t12-,13-,14?,15?. The van der Waals surface area contributed by atoms with Crippen molar-refractivity contribution in [2.24, 2.45) is 23.7 Å². The lowest BCUT2D eigenvalue weighted by atomic mass is 9.69. The van der Waals surface area contributed by atoms with Crippen LogP contribution in [0, 0.1) is 23.7 Å². The molecule has 0 aliphatic heterocycles. The molecule has 0 spiro atoms. The molecule has 0 amide bonds. The predicted molar refractivity (Wildman–Crippen MR) is 76.1 cm³/mol. The van der Waals surface area contributed by atoms with E-state index in [-0.39, 0.29) is 0 Å². The minimum Gasteiger partial charge on any atom is -0.206 e. The van der Waals surface area contributed by atoms with Gasteiger partial charge < -0.3 is 0 Å². The molecule has 0 unspecified atom stereocenters. The molecule has 3 heteroatoms. The molecule has 0 N–H and O–H groups in total. The summed E-state index contributed by atoms with van der Waals surface area (Å²) < 4.78 is 37.8. The molecule has 114 valence electrons. The molecule has 0 nitrogen and oxygen atoms in total. The van der Waals surface area contributed by atoms with Gasteiger partial charge in [0.15, 0.2) is 5.83 Å². The van der Waals surface area contributed by atoms with Crippen molar-refractivity contribution in [2.75, 3.05) is 0 Å². The first-order valence-electron chi connectivity index (χ1n) is 7.93. The van der Waals surface area contributed by atoms with Crippen LogP contribution in [0.4, 0.5) is 13.2 Å². The highest BCUT2D eigenvalue weighted by molar-refractivity contribution is 5.00. The van der Waals surface area contributed by atoms with E-state index in [1.165, 1.54) is 25.7 Å². The molecule has 0 heterocycles. The highest BCUT2D eigenvalue weighted by atomic mass is 19.3. The number of hydrogen-bond donors (Lipinski definition) is 0. The number of halogens is 3. The van der Waals surface area contributed by atoms with Gasteiger partial charge in [-0.2, -0.15) is 8.78 Å². The molecule has 0 saturated heterocycles. The molecule has 0 radical (unpaired) electrons. The van der Waals surface area contributed by atoms with E-state index in [2.05, 4.69) is 6.58 Å². The van der Waals surface area contributed by atoms with Gasteiger partial charge in [0.25, 0.3) is 0 Å². The van der Waals surface area contributed by atoms with Crippen molar-refractivity contribution >= 4 is 0 Å². The smallest absolute Gasteiger partial charge is 0.206 e. The van der Waals surface area contributed by atoms with Crippen molar-refractivity contribution in [1.29, 1.82) is 0 Å². The fraction of sp³-hybridized carbons (Fsp3) is 0.765. The Morgan fingerprint density at radius 3 is 1.80 bits per heavy atom. The minimum absolute atomic E-state index is 0.520. The Morgan fingerprint density at radius 2 is 1.35 bits per heavy atom. The Labute approximate surface area is 120 Å². The second-order valence-electron chi connectivity index (χ2n) is 6.53. The molecule has 2 saturated carbocycles. The van der Waals surface area contributed by atoms with Crippen LogP contribution in [0.1, 0.15) is 57.8 Å². The van der Waals surface area contributed by atoms with Gasteiger partial charge >= 0.3 is 6.08 Å². The Morgan fingerprint density at radius 1 is 0.850 bits per heavy atom. The highest BCUT2D eigenvalue weighted by Crippen LogP contribution is 2.44. The topological polar surface area (TPSA) is 0 Å². The summed E-state index contributed by atoms with van der Waals surface area (Å²) >= 11 is 0. The molecule has 0 aromatic carbocycles. The summed E-state index contributed by atoms with van der Waals surface area (Å²) in [7, 11) is 0. The van der Waals surface area contributed by atoms with E-state index in [0.29, 0.717) is 18.8 Å². The van der Waals surface area contributed by atoms with E-state index in [9.17, 15) is 13.2 Å². The maximum atomic E-state index is 13.2. The number of hydrogen-bond acceptors (Lipinski definition) is 0. The molecule has 0 aromatic rings. The van der Waals surface area contributed by atoms with Crippen LogP contribution in [0.2, 0.25) is 0 Å². The molecule has 2 fully saturated rings. The van der Waals surface area contributed by atoms with E-state index in [4.69, 9.17) is 0 Å². The van der Waals surface area contributed by atoms with Gasteiger partial charge in [-0.05, 0) is 75.5 Å². The SMILES string of the molecule is C=CC[C@H]1CC[C@H](C2CCC(C(F)=C(F)F)CC2)CC1. The molecule has 20 heavy (non-hydrogen) atoms. The maximum absolute atomic E-state index is 13.2. The van der Waals surface area contributed by atoms with Crippen LogP contribution >= 0.6 is 0 Å². The summed E-state index contributed by atoms with van der Waals surface area (Å²) in [6, 6.07) is 0. The summed E-state index contributed by atoms with van der Waals surface area (Å²) in [5.74, 6) is 0.485. The van der Waals surface area contributed by atoms with Crippen molar-refractivity contribution in [1.82, 2.24) is 0 Å². The van der Waals surface area contributed by atoms with E-state index >= 15 is 0 Å². The molecule has 0 bridgehead atoms. The van der Waals surface area contributed by atoms with Gasteiger partial charge in [-0.3, -0.25) is 0 Å². The van der Waals surface area contributed by atoms with Crippen LogP contribution in [0.25, 0.3) is 0 Å². The van der Waals surface area contributed by atoms with Gasteiger partial charge in [-0.25, -0.2) is 4.39 Å². The third-order valence-corrected chi connectivity index (χ3v) is 5.37. The second kappa shape index (κ2) is 7.33. The van der Waals surface area contributed by atoms with Gasteiger partial charge in [0.1, 0.15) is 0 Å². The van der Waals surface area contributed by atoms with Crippen molar-refractivity contribution in [3.05, 3.63) is 24.6 Å². The predicted octanol–water partition coefficient (Wildman–Crippen LogP) is 6.25. The molecule has 2 aliphatic carbocycles. The second-order valence-corrected chi connectivity index (χ2v) is 6.53. The Hall–Kier alpha value is -0.730. The average molecular weight is 286 g/mol. The Bertz CT molecular complexity index is 341. The fourth-order valence-electron chi connectivity index (χ4n) is 4.13. The molecule has 0 atom stereocenters. The first-order valence-corrected chi connectivity index (χ1v) is 7.93. The summed E-state index contributed by atoms with van der Waals surface area (Å²) in [5.41, 5.74) is 0. The van der Waals surface area contributed by atoms with Crippen molar-refractivity contribution < 1.29 is 13.2 Å². The summed E-state index contributed by atoms with van der Waals surface area (Å²) in [5, 5.41) is 0. The lowest BCUT2D eigenvalue weighted by Crippen LogP contribution is -2.26. The minimum atomic E-state index is -2.11. The van der Waals surface area contributed by atoms with Gasteiger partial charge in [0.2, 0.25) is 0 Å². The van der Waals surface area contributed by atoms with Crippen LogP contribution in [-0.4, -0.2) is 0 Å². The Balaban J connectivity index is 1.77. The van der Waals surface area contributed by atoms with Crippen LogP contribution in [-0.2, 0) is 0 Å². The average Bonchev–Trinajstić information content (AvgIpc) is 2.48. The van der Waals surface area contributed by atoms with Crippen molar-refractivity contribution in [3.8, 4) is 0 Å². The zero-order chi connectivity index (χ0) is 14.5. The fourth-order valence-corrected chi connectivity index (χ4v) is 4.13. The third-order valence-electron chi connectivity index (χ3n) is 5.37. The van der Waals surface area contributed by atoms with Crippen LogP contribution in [0.3, 0.4) is 0 Å². The first kappa shape index (κ1) is 15.7. The zero-order valence-electron chi connectivity index (χ0n) is 12.1. The lowest BCUT2D eigenvalue weighted by Gasteiger charge is -2.37. The van der Waals surface area contributed by atoms with Crippen LogP contribution < -0.4 is 0 Å².